The Labute approximate surface area is 129 Å². The quantitative estimate of drug-likeness (QED) is 0.799. The summed E-state index contributed by atoms with van der Waals surface area (Å²) in [5.74, 6) is 0.208. The average molecular weight is 302 g/mol. The Morgan fingerprint density at radius 1 is 1.41 bits per heavy atom. The van der Waals surface area contributed by atoms with E-state index in [1.54, 1.807) is 16.8 Å². The van der Waals surface area contributed by atoms with Crippen LogP contribution >= 0.6 is 0 Å². The predicted molar refractivity (Wildman–Crippen MR) is 84.5 cm³/mol. The molecule has 2 heterocycles. The van der Waals surface area contributed by atoms with Gasteiger partial charge in [0.15, 0.2) is 5.82 Å². The number of aromatic nitrogens is 2. The second kappa shape index (κ2) is 6.36. The number of nitrogens with two attached hydrogens (primary N) is 1. The van der Waals surface area contributed by atoms with Crippen LogP contribution in [0.4, 0.5) is 5.82 Å². The van der Waals surface area contributed by atoms with Crippen LogP contribution in [0.5, 0.6) is 0 Å². The van der Waals surface area contributed by atoms with Crippen LogP contribution in [0.3, 0.4) is 0 Å². The summed E-state index contributed by atoms with van der Waals surface area (Å²) < 4.78 is 1.59. The molecule has 1 amide bonds. The summed E-state index contributed by atoms with van der Waals surface area (Å²) in [7, 11) is 0. The number of aliphatic hydroxyl groups is 1. The van der Waals surface area contributed by atoms with Gasteiger partial charge in [0.2, 0.25) is 0 Å². The fourth-order valence-corrected chi connectivity index (χ4v) is 3.22. The van der Waals surface area contributed by atoms with Crippen LogP contribution in [-0.4, -0.2) is 33.3 Å². The summed E-state index contributed by atoms with van der Waals surface area (Å²) >= 11 is 0. The normalized spacial score (nSPS) is 17.5. The minimum absolute atomic E-state index is 0.204. The number of nitrogens with one attached hydrogen (secondary N) is 1. The number of nitrogen functional groups attached to an aromatic ring is 1. The molecule has 6 heteroatoms. The Bertz CT molecular complexity index is 661. The number of pyridine rings is 1. The molecule has 2 aromatic heterocycles. The van der Waals surface area contributed by atoms with Crippen molar-refractivity contribution in [1.82, 2.24) is 14.9 Å². The molecule has 0 spiro atoms. The molecule has 22 heavy (non-hydrogen) atoms. The molecule has 1 unspecified atom stereocenters. The maximum absolute atomic E-state index is 12.4. The Morgan fingerprint density at radius 2 is 2.18 bits per heavy atom. The molecule has 3 rings (SSSR count). The molecule has 1 saturated carbocycles. The molecule has 0 aliphatic heterocycles. The first-order valence-corrected chi connectivity index (χ1v) is 7.86. The van der Waals surface area contributed by atoms with Gasteiger partial charge in [-0.25, -0.2) is 4.52 Å². The van der Waals surface area contributed by atoms with Crippen LogP contribution in [0.2, 0.25) is 0 Å². The summed E-state index contributed by atoms with van der Waals surface area (Å²) in [6.07, 6.45) is 6.90. The van der Waals surface area contributed by atoms with E-state index in [1.165, 1.54) is 6.42 Å². The highest BCUT2D eigenvalue weighted by molar-refractivity contribution is 6.05. The van der Waals surface area contributed by atoms with Crippen LogP contribution < -0.4 is 11.1 Å². The van der Waals surface area contributed by atoms with Crippen molar-refractivity contribution in [2.24, 2.45) is 5.92 Å². The lowest BCUT2D eigenvalue weighted by molar-refractivity contribution is 0.0739. The van der Waals surface area contributed by atoms with Crippen LogP contribution in [-0.2, 0) is 0 Å². The number of hydrogen-bond donors (Lipinski definition) is 3. The second-order valence-electron chi connectivity index (χ2n) is 5.97. The summed E-state index contributed by atoms with van der Waals surface area (Å²) in [5.41, 5.74) is 6.89. The molecule has 2 aromatic rings. The van der Waals surface area contributed by atoms with Gasteiger partial charge < -0.3 is 16.2 Å². The molecule has 6 nitrogen and oxygen atoms in total. The number of rotatable bonds is 4. The molecule has 1 aliphatic carbocycles. The van der Waals surface area contributed by atoms with Crippen molar-refractivity contribution in [2.75, 3.05) is 12.3 Å². The molecule has 1 aliphatic rings. The number of anilines is 1. The fourth-order valence-electron chi connectivity index (χ4n) is 3.22. The van der Waals surface area contributed by atoms with E-state index in [0.29, 0.717) is 11.1 Å². The number of carbonyl (C=O) groups excluding carboxylic acids is 1. The first-order chi connectivity index (χ1) is 10.7. The third-order valence-corrected chi connectivity index (χ3v) is 4.46. The van der Waals surface area contributed by atoms with Crippen LogP contribution in [0.1, 0.15) is 42.5 Å². The molecule has 118 valence electrons. The number of amides is 1. The lowest BCUT2D eigenvalue weighted by atomic mass is 9.85. The first-order valence-electron chi connectivity index (χ1n) is 7.86. The van der Waals surface area contributed by atoms with Gasteiger partial charge in [-0.05, 0) is 30.9 Å². The van der Waals surface area contributed by atoms with E-state index >= 15 is 0 Å². The van der Waals surface area contributed by atoms with E-state index in [4.69, 9.17) is 5.73 Å². The SMILES string of the molecule is Nc1nn2ccccc2c1C(=O)NCC(O)C1CCCCC1. The standard InChI is InChI=1S/C16H22N4O2/c17-15-14(12-8-4-5-9-20(12)19-15)16(22)18-10-13(21)11-6-2-1-3-7-11/h4-5,8-9,11,13,21H,1-3,6-7,10H2,(H2,17,19)(H,18,22). The largest absolute Gasteiger partial charge is 0.391 e. The molecular weight excluding hydrogens is 280 g/mol. The number of fused-ring (bicyclic) bond motifs is 1. The monoisotopic (exact) mass is 302 g/mol. The Hall–Kier alpha value is -2.08. The molecule has 0 radical (unpaired) electrons. The van der Waals surface area contributed by atoms with Gasteiger partial charge in [-0.1, -0.05) is 25.3 Å². The van der Waals surface area contributed by atoms with Crippen molar-refractivity contribution in [2.45, 2.75) is 38.2 Å². The van der Waals surface area contributed by atoms with E-state index in [-0.39, 0.29) is 24.2 Å². The lowest BCUT2D eigenvalue weighted by Crippen LogP contribution is -2.37. The maximum atomic E-state index is 12.4. The summed E-state index contributed by atoms with van der Waals surface area (Å²) in [4.78, 5) is 12.4. The lowest BCUT2D eigenvalue weighted by Gasteiger charge is -2.26. The highest BCUT2D eigenvalue weighted by Gasteiger charge is 2.23. The van der Waals surface area contributed by atoms with Crippen molar-refractivity contribution in [3.63, 3.8) is 0 Å². The van der Waals surface area contributed by atoms with Gasteiger partial charge >= 0.3 is 0 Å². The van der Waals surface area contributed by atoms with E-state index in [2.05, 4.69) is 10.4 Å². The van der Waals surface area contributed by atoms with E-state index in [9.17, 15) is 9.90 Å². The van der Waals surface area contributed by atoms with Gasteiger partial charge in [-0.3, -0.25) is 4.79 Å². The van der Waals surface area contributed by atoms with E-state index in [1.807, 2.05) is 12.1 Å². The summed E-state index contributed by atoms with van der Waals surface area (Å²) in [6, 6.07) is 5.47. The molecular formula is C16H22N4O2. The van der Waals surface area contributed by atoms with Crippen molar-refractivity contribution in [3.8, 4) is 0 Å². The molecule has 0 bridgehead atoms. The number of carbonyl (C=O) groups is 1. The number of nitrogens with zero attached hydrogens (tertiary/aromatic N) is 2. The zero-order chi connectivity index (χ0) is 15.5. The van der Waals surface area contributed by atoms with Crippen molar-refractivity contribution < 1.29 is 9.90 Å². The van der Waals surface area contributed by atoms with Gasteiger partial charge in [0.1, 0.15) is 5.56 Å². The molecule has 4 N–H and O–H groups in total. The highest BCUT2D eigenvalue weighted by Crippen LogP contribution is 2.26. The van der Waals surface area contributed by atoms with Crippen molar-refractivity contribution >= 4 is 17.2 Å². The average Bonchev–Trinajstić information content (AvgIpc) is 2.89. The van der Waals surface area contributed by atoms with Crippen molar-refractivity contribution in [3.05, 3.63) is 30.0 Å². The Morgan fingerprint density at radius 3 is 2.95 bits per heavy atom. The third kappa shape index (κ3) is 2.92. The third-order valence-electron chi connectivity index (χ3n) is 4.46. The summed E-state index contributed by atoms with van der Waals surface area (Å²) in [5, 5.41) is 17.2. The molecule has 1 fully saturated rings. The maximum Gasteiger partial charge on any atom is 0.257 e. The van der Waals surface area contributed by atoms with Gasteiger partial charge in [0.25, 0.3) is 5.91 Å². The van der Waals surface area contributed by atoms with Crippen LogP contribution in [0.25, 0.3) is 5.52 Å². The summed E-state index contributed by atoms with van der Waals surface area (Å²) in [6.45, 7) is 0.257. The highest BCUT2D eigenvalue weighted by atomic mass is 16.3. The second-order valence-corrected chi connectivity index (χ2v) is 5.97. The Kier molecular flexibility index (Phi) is 4.29. The van der Waals surface area contributed by atoms with Crippen LogP contribution in [0, 0.1) is 5.92 Å². The fraction of sp³-hybridized carbons (Fsp3) is 0.500. The van der Waals surface area contributed by atoms with E-state index < -0.39 is 6.10 Å². The smallest absolute Gasteiger partial charge is 0.257 e. The van der Waals surface area contributed by atoms with E-state index in [0.717, 1.165) is 25.7 Å². The molecule has 0 aromatic carbocycles. The minimum Gasteiger partial charge on any atom is -0.391 e. The molecule has 0 saturated heterocycles. The van der Waals surface area contributed by atoms with Gasteiger partial charge in [-0.2, -0.15) is 0 Å². The van der Waals surface area contributed by atoms with Gasteiger partial charge in [-0.15, -0.1) is 5.10 Å². The van der Waals surface area contributed by atoms with Crippen LogP contribution in [0.15, 0.2) is 24.4 Å². The molecule has 1 atom stereocenters. The first kappa shape index (κ1) is 14.8. The van der Waals surface area contributed by atoms with Gasteiger partial charge in [0.05, 0.1) is 11.6 Å². The number of aliphatic hydroxyl groups excluding tert-OH is 1. The van der Waals surface area contributed by atoms with Crippen molar-refractivity contribution in [1.29, 1.82) is 0 Å². The van der Waals surface area contributed by atoms with Gasteiger partial charge in [0, 0.05) is 12.7 Å². The predicted octanol–water partition coefficient (Wildman–Crippen LogP) is 1.59. The minimum atomic E-state index is -0.493. The Balaban J connectivity index is 1.67. The number of hydrogen-bond acceptors (Lipinski definition) is 4. The topological polar surface area (TPSA) is 92.6 Å². The zero-order valence-electron chi connectivity index (χ0n) is 12.5. The zero-order valence-corrected chi connectivity index (χ0v) is 12.5.